The number of carbonyl (C=O) groups is 1. The van der Waals surface area contributed by atoms with Crippen LogP contribution in [-0.4, -0.2) is 13.0 Å². The molecular formula is C17H16N2O2. The minimum Gasteiger partial charge on any atom is -0.496 e. The summed E-state index contributed by atoms with van der Waals surface area (Å²) < 4.78 is 5.30. The first-order valence-electron chi connectivity index (χ1n) is 6.59. The van der Waals surface area contributed by atoms with Gasteiger partial charge in [0.05, 0.1) is 24.8 Å². The molecule has 0 unspecified atom stereocenters. The van der Waals surface area contributed by atoms with Crippen molar-refractivity contribution in [1.29, 1.82) is 5.26 Å². The highest BCUT2D eigenvalue weighted by Crippen LogP contribution is 2.24. The first-order chi connectivity index (χ1) is 10.2. The molecule has 0 aliphatic carbocycles. The van der Waals surface area contributed by atoms with Crippen LogP contribution in [0.5, 0.6) is 5.75 Å². The third-order valence-electron chi connectivity index (χ3n) is 3.21. The summed E-state index contributed by atoms with van der Waals surface area (Å²) in [5.74, 6) is 0.515. The number of ether oxygens (including phenoxy) is 1. The van der Waals surface area contributed by atoms with Gasteiger partial charge in [0.15, 0.2) is 0 Å². The van der Waals surface area contributed by atoms with E-state index in [9.17, 15) is 4.79 Å². The molecule has 0 fully saturated rings. The highest BCUT2D eigenvalue weighted by Gasteiger charge is 2.14. The average Bonchev–Trinajstić information content (AvgIpc) is 2.54. The van der Waals surface area contributed by atoms with Crippen molar-refractivity contribution in [2.75, 3.05) is 7.11 Å². The number of carbonyl (C=O) groups excluding carboxylic acids is 1. The van der Waals surface area contributed by atoms with E-state index in [0.717, 1.165) is 11.3 Å². The molecule has 2 aromatic carbocycles. The Morgan fingerprint density at radius 3 is 2.71 bits per heavy atom. The van der Waals surface area contributed by atoms with Crippen LogP contribution < -0.4 is 10.1 Å². The maximum atomic E-state index is 12.2. The molecule has 1 amide bonds. The van der Waals surface area contributed by atoms with Crippen molar-refractivity contribution in [1.82, 2.24) is 5.32 Å². The molecule has 0 bridgehead atoms. The van der Waals surface area contributed by atoms with Gasteiger partial charge in [-0.05, 0) is 31.2 Å². The van der Waals surface area contributed by atoms with Gasteiger partial charge in [0.1, 0.15) is 5.75 Å². The molecule has 2 aromatic rings. The van der Waals surface area contributed by atoms with Crippen LogP contribution in [0.1, 0.15) is 34.5 Å². The maximum Gasteiger partial charge on any atom is 0.251 e. The quantitative estimate of drug-likeness (QED) is 0.936. The van der Waals surface area contributed by atoms with E-state index in [-0.39, 0.29) is 11.9 Å². The third kappa shape index (κ3) is 3.40. The van der Waals surface area contributed by atoms with Crippen LogP contribution in [0, 0.1) is 11.3 Å². The molecule has 4 heteroatoms. The average molecular weight is 280 g/mol. The number of para-hydroxylation sites is 1. The summed E-state index contributed by atoms with van der Waals surface area (Å²) in [6.45, 7) is 1.89. The van der Waals surface area contributed by atoms with Crippen LogP contribution in [0.25, 0.3) is 0 Å². The lowest BCUT2D eigenvalue weighted by molar-refractivity contribution is 0.0939. The Balaban J connectivity index is 2.17. The monoisotopic (exact) mass is 280 g/mol. The fourth-order valence-corrected chi connectivity index (χ4v) is 2.11. The Labute approximate surface area is 124 Å². The minimum atomic E-state index is -0.217. The van der Waals surface area contributed by atoms with Crippen LogP contribution in [-0.2, 0) is 0 Å². The summed E-state index contributed by atoms with van der Waals surface area (Å²) in [6, 6.07) is 16.0. The first-order valence-corrected chi connectivity index (χ1v) is 6.59. The van der Waals surface area contributed by atoms with E-state index in [1.807, 2.05) is 37.3 Å². The van der Waals surface area contributed by atoms with Crippen molar-refractivity contribution in [2.45, 2.75) is 13.0 Å². The molecule has 0 aliphatic rings. The zero-order chi connectivity index (χ0) is 15.2. The second-order valence-electron chi connectivity index (χ2n) is 4.63. The summed E-state index contributed by atoms with van der Waals surface area (Å²) in [7, 11) is 1.60. The molecule has 0 aliphatic heterocycles. The Bertz CT molecular complexity index is 689. The van der Waals surface area contributed by atoms with E-state index in [2.05, 4.69) is 5.32 Å². The first kappa shape index (κ1) is 14.6. The van der Waals surface area contributed by atoms with E-state index in [1.54, 1.807) is 31.4 Å². The van der Waals surface area contributed by atoms with Crippen molar-refractivity contribution in [2.24, 2.45) is 0 Å². The zero-order valence-corrected chi connectivity index (χ0v) is 12.0. The van der Waals surface area contributed by atoms with Crippen LogP contribution in [0.4, 0.5) is 0 Å². The molecule has 0 saturated carbocycles. The molecule has 0 heterocycles. The zero-order valence-electron chi connectivity index (χ0n) is 12.0. The lowest BCUT2D eigenvalue weighted by atomic mass is 10.1. The number of methoxy groups -OCH3 is 1. The van der Waals surface area contributed by atoms with Crippen molar-refractivity contribution >= 4 is 5.91 Å². The number of amides is 1. The van der Waals surface area contributed by atoms with Gasteiger partial charge in [-0.15, -0.1) is 0 Å². The lowest BCUT2D eigenvalue weighted by Crippen LogP contribution is -2.26. The standard InChI is InChI=1S/C17H16N2O2/c1-12(15-8-3-4-9-16(15)21-2)19-17(20)14-7-5-6-13(10-14)11-18/h3-10,12H,1-2H3,(H,19,20)/t12-/m1/s1. The summed E-state index contributed by atoms with van der Waals surface area (Å²) >= 11 is 0. The van der Waals surface area contributed by atoms with Gasteiger partial charge in [0.25, 0.3) is 5.91 Å². The third-order valence-corrected chi connectivity index (χ3v) is 3.21. The van der Waals surface area contributed by atoms with Gasteiger partial charge < -0.3 is 10.1 Å². The molecule has 0 radical (unpaired) electrons. The van der Waals surface area contributed by atoms with E-state index in [0.29, 0.717) is 11.1 Å². The summed E-state index contributed by atoms with van der Waals surface area (Å²) in [5, 5.41) is 11.8. The fraction of sp³-hybridized carbons (Fsp3) is 0.176. The Hall–Kier alpha value is -2.80. The SMILES string of the molecule is COc1ccccc1[C@@H](C)NC(=O)c1cccc(C#N)c1. The van der Waals surface area contributed by atoms with Crippen molar-refractivity contribution in [3.05, 3.63) is 65.2 Å². The molecule has 106 valence electrons. The fourth-order valence-electron chi connectivity index (χ4n) is 2.11. The highest BCUT2D eigenvalue weighted by atomic mass is 16.5. The number of nitrogens with one attached hydrogen (secondary N) is 1. The Morgan fingerprint density at radius 1 is 1.24 bits per heavy atom. The Kier molecular flexibility index (Phi) is 4.57. The van der Waals surface area contributed by atoms with E-state index in [4.69, 9.17) is 10.00 Å². The number of nitriles is 1. The van der Waals surface area contributed by atoms with Crippen LogP contribution >= 0.6 is 0 Å². The van der Waals surface area contributed by atoms with Gasteiger partial charge in [-0.2, -0.15) is 5.26 Å². The van der Waals surface area contributed by atoms with E-state index >= 15 is 0 Å². The highest BCUT2D eigenvalue weighted by molar-refractivity contribution is 5.94. The molecule has 0 saturated heterocycles. The predicted molar refractivity (Wildman–Crippen MR) is 80.0 cm³/mol. The summed E-state index contributed by atoms with van der Waals surface area (Å²) in [5.41, 5.74) is 1.84. The van der Waals surface area contributed by atoms with Crippen LogP contribution in [0.15, 0.2) is 48.5 Å². The second-order valence-corrected chi connectivity index (χ2v) is 4.63. The number of benzene rings is 2. The van der Waals surface area contributed by atoms with Crippen LogP contribution in [0.2, 0.25) is 0 Å². The van der Waals surface area contributed by atoms with Gasteiger partial charge in [0, 0.05) is 11.1 Å². The van der Waals surface area contributed by atoms with Gasteiger partial charge >= 0.3 is 0 Å². The predicted octanol–water partition coefficient (Wildman–Crippen LogP) is 3.06. The second kappa shape index (κ2) is 6.58. The molecule has 1 atom stereocenters. The Morgan fingerprint density at radius 2 is 2.00 bits per heavy atom. The van der Waals surface area contributed by atoms with Crippen molar-refractivity contribution < 1.29 is 9.53 Å². The number of nitrogens with zero attached hydrogens (tertiary/aromatic N) is 1. The van der Waals surface area contributed by atoms with E-state index in [1.165, 1.54) is 0 Å². The molecule has 4 nitrogen and oxygen atoms in total. The molecule has 2 rings (SSSR count). The van der Waals surface area contributed by atoms with Crippen molar-refractivity contribution in [3.63, 3.8) is 0 Å². The topological polar surface area (TPSA) is 62.1 Å². The number of rotatable bonds is 4. The molecule has 0 aromatic heterocycles. The molecule has 21 heavy (non-hydrogen) atoms. The minimum absolute atomic E-state index is 0.195. The maximum absolute atomic E-state index is 12.2. The molecular weight excluding hydrogens is 264 g/mol. The van der Waals surface area contributed by atoms with Gasteiger partial charge in [0.2, 0.25) is 0 Å². The molecule has 1 N–H and O–H groups in total. The van der Waals surface area contributed by atoms with Crippen LogP contribution in [0.3, 0.4) is 0 Å². The smallest absolute Gasteiger partial charge is 0.251 e. The van der Waals surface area contributed by atoms with Gasteiger partial charge in [-0.1, -0.05) is 24.3 Å². The van der Waals surface area contributed by atoms with Gasteiger partial charge in [-0.25, -0.2) is 0 Å². The van der Waals surface area contributed by atoms with E-state index < -0.39 is 0 Å². The van der Waals surface area contributed by atoms with Crippen molar-refractivity contribution in [3.8, 4) is 11.8 Å². The number of hydrogen-bond acceptors (Lipinski definition) is 3. The summed E-state index contributed by atoms with van der Waals surface area (Å²) in [4.78, 5) is 12.2. The largest absolute Gasteiger partial charge is 0.496 e. The van der Waals surface area contributed by atoms with Gasteiger partial charge in [-0.3, -0.25) is 4.79 Å². The number of hydrogen-bond donors (Lipinski definition) is 1. The lowest BCUT2D eigenvalue weighted by Gasteiger charge is -2.17. The summed E-state index contributed by atoms with van der Waals surface area (Å²) in [6.07, 6.45) is 0. The normalized spacial score (nSPS) is 11.3. The molecule has 0 spiro atoms.